The third-order valence-corrected chi connectivity index (χ3v) is 1.71. The maximum absolute atomic E-state index is 5.58. The molecule has 0 spiro atoms. The molecule has 4 heteroatoms. The van der Waals surface area contributed by atoms with Crippen molar-refractivity contribution in [3.8, 4) is 0 Å². The Morgan fingerprint density at radius 3 is 2.14 bits per heavy atom. The van der Waals surface area contributed by atoms with Gasteiger partial charge in [0, 0.05) is 18.7 Å². The number of hydrogen-bond acceptors (Lipinski definition) is 4. The summed E-state index contributed by atoms with van der Waals surface area (Å²) in [7, 11) is 0. The second kappa shape index (κ2) is 8.17. The highest BCUT2D eigenvalue weighted by molar-refractivity contribution is 4.55. The summed E-state index contributed by atoms with van der Waals surface area (Å²) in [4.78, 5) is 0. The Balaban J connectivity index is 3.22. The first kappa shape index (κ1) is 13.8. The van der Waals surface area contributed by atoms with Gasteiger partial charge < -0.3 is 20.9 Å². The summed E-state index contributed by atoms with van der Waals surface area (Å²) in [5, 5.41) is 0. The molecule has 0 aromatic rings. The molecular formula is C10H24N2O2. The van der Waals surface area contributed by atoms with Crippen LogP contribution in [-0.4, -0.2) is 38.0 Å². The molecule has 0 radical (unpaired) electrons. The summed E-state index contributed by atoms with van der Waals surface area (Å²) in [5.74, 6) is 0. The lowest BCUT2D eigenvalue weighted by atomic mass is 10.3. The first-order chi connectivity index (χ1) is 6.52. The Labute approximate surface area is 86.9 Å². The predicted molar refractivity (Wildman–Crippen MR) is 58.1 cm³/mol. The lowest BCUT2D eigenvalue weighted by Gasteiger charge is -2.15. The molecule has 0 heterocycles. The molecule has 3 unspecified atom stereocenters. The second-order valence-electron chi connectivity index (χ2n) is 3.96. The van der Waals surface area contributed by atoms with Gasteiger partial charge in [0.05, 0.1) is 19.3 Å². The molecule has 0 fully saturated rings. The Morgan fingerprint density at radius 1 is 1.00 bits per heavy atom. The summed E-state index contributed by atoms with van der Waals surface area (Å²) in [6.45, 7) is 7.76. The fourth-order valence-corrected chi connectivity index (χ4v) is 0.883. The molecule has 0 rings (SSSR count). The van der Waals surface area contributed by atoms with Crippen molar-refractivity contribution in [3.05, 3.63) is 0 Å². The highest BCUT2D eigenvalue weighted by atomic mass is 16.5. The summed E-state index contributed by atoms with van der Waals surface area (Å²) >= 11 is 0. The van der Waals surface area contributed by atoms with Crippen LogP contribution >= 0.6 is 0 Å². The van der Waals surface area contributed by atoms with Crippen molar-refractivity contribution in [3.63, 3.8) is 0 Å². The predicted octanol–water partition coefficient (Wildman–Crippen LogP) is 0.493. The van der Waals surface area contributed by atoms with Crippen LogP contribution in [0.2, 0.25) is 0 Å². The van der Waals surface area contributed by atoms with Gasteiger partial charge in [-0.05, 0) is 27.2 Å². The molecule has 3 atom stereocenters. The molecule has 14 heavy (non-hydrogen) atoms. The molecule has 0 aliphatic heterocycles. The van der Waals surface area contributed by atoms with Gasteiger partial charge in [-0.2, -0.15) is 0 Å². The summed E-state index contributed by atoms with van der Waals surface area (Å²) in [6, 6.07) is 0.289. The molecule has 0 saturated heterocycles. The molecule has 0 amide bonds. The van der Waals surface area contributed by atoms with E-state index in [9.17, 15) is 0 Å². The smallest absolute Gasteiger partial charge is 0.0781 e. The third kappa shape index (κ3) is 9.92. The monoisotopic (exact) mass is 204 g/mol. The molecule has 0 aromatic carbocycles. The average Bonchev–Trinajstić information content (AvgIpc) is 2.08. The first-order valence-electron chi connectivity index (χ1n) is 5.23. The first-order valence-corrected chi connectivity index (χ1v) is 5.23. The highest BCUT2D eigenvalue weighted by Gasteiger charge is 2.04. The van der Waals surface area contributed by atoms with Crippen LogP contribution in [0.3, 0.4) is 0 Å². The molecule has 0 aliphatic rings. The number of ether oxygens (including phenoxy) is 2. The molecule has 4 N–H and O–H groups in total. The maximum Gasteiger partial charge on any atom is 0.0781 e. The van der Waals surface area contributed by atoms with E-state index in [2.05, 4.69) is 0 Å². The Kier molecular flexibility index (Phi) is 8.08. The molecular weight excluding hydrogens is 180 g/mol. The van der Waals surface area contributed by atoms with Crippen LogP contribution in [0.1, 0.15) is 27.2 Å². The molecule has 4 nitrogen and oxygen atoms in total. The zero-order valence-electron chi connectivity index (χ0n) is 9.53. The van der Waals surface area contributed by atoms with Gasteiger partial charge in [0.15, 0.2) is 0 Å². The van der Waals surface area contributed by atoms with Crippen molar-refractivity contribution in [2.24, 2.45) is 11.5 Å². The molecule has 0 saturated carbocycles. The standard InChI is InChI=1S/C10H24N2O2/c1-8(11)4-5-13-7-10(3)14-6-9(2)12/h8-10H,4-7,11-12H2,1-3H3. The fourth-order valence-electron chi connectivity index (χ4n) is 0.883. The minimum atomic E-state index is 0.0847. The van der Waals surface area contributed by atoms with E-state index in [1.54, 1.807) is 0 Å². The molecule has 0 aromatic heterocycles. The van der Waals surface area contributed by atoms with Crippen molar-refractivity contribution in [2.75, 3.05) is 19.8 Å². The van der Waals surface area contributed by atoms with Crippen molar-refractivity contribution in [1.82, 2.24) is 0 Å². The minimum absolute atomic E-state index is 0.0847. The van der Waals surface area contributed by atoms with Crippen LogP contribution < -0.4 is 11.5 Å². The molecule has 0 bridgehead atoms. The third-order valence-electron chi connectivity index (χ3n) is 1.71. The van der Waals surface area contributed by atoms with Crippen LogP contribution in [-0.2, 0) is 9.47 Å². The summed E-state index contributed by atoms with van der Waals surface area (Å²) in [6.07, 6.45) is 0.995. The van der Waals surface area contributed by atoms with Gasteiger partial charge in [-0.3, -0.25) is 0 Å². The van der Waals surface area contributed by atoms with Gasteiger partial charge in [-0.15, -0.1) is 0 Å². The number of rotatable bonds is 8. The molecule has 86 valence electrons. The zero-order chi connectivity index (χ0) is 11.0. The van der Waals surface area contributed by atoms with Gasteiger partial charge in [0.2, 0.25) is 0 Å². The van der Waals surface area contributed by atoms with Crippen molar-refractivity contribution in [2.45, 2.75) is 45.4 Å². The Hall–Kier alpha value is -0.160. The molecule has 0 aliphatic carbocycles. The topological polar surface area (TPSA) is 70.5 Å². The van der Waals surface area contributed by atoms with Gasteiger partial charge >= 0.3 is 0 Å². The largest absolute Gasteiger partial charge is 0.379 e. The van der Waals surface area contributed by atoms with E-state index in [4.69, 9.17) is 20.9 Å². The van der Waals surface area contributed by atoms with Crippen molar-refractivity contribution >= 4 is 0 Å². The average molecular weight is 204 g/mol. The van der Waals surface area contributed by atoms with Crippen LogP contribution in [0.25, 0.3) is 0 Å². The number of nitrogens with two attached hydrogens (primary N) is 2. The van der Waals surface area contributed by atoms with Gasteiger partial charge in [0.1, 0.15) is 0 Å². The summed E-state index contributed by atoms with van der Waals surface area (Å²) < 4.78 is 10.8. The Morgan fingerprint density at radius 2 is 1.64 bits per heavy atom. The normalized spacial score (nSPS) is 17.8. The summed E-state index contributed by atoms with van der Waals surface area (Å²) in [5.41, 5.74) is 11.1. The zero-order valence-corrected chi connectivity index (χ0v) is 9.53. The maximum atomic E-state index is 5.58. The van der Waals surface area contributed by atoms with Gasteiger partial charge in [-0.25, -0.2) is 0 Å². The minimum Gasteiger partial charge on any atom is -0.379 e. The lowest BCUT2D eigenvalue weighted by molar-refractivity contribution is -0.0111. The van der Waals surface area contributed by atoms with Crippen LogP contribution in [0, 0.1) is 0 Å². The van der Waals surface area contributed by atoms with Crippen LogP contribution in [0.15, 0.2) is 0 Å². The van der Waals surface area contributed by atoms with Crippen molar-refractivity contribution in [1.29, 1.82) is 0 Å². The van der Waals surface area contributed by atoms with E-state index >= 15 is 0 Å². The van der Waals surface area contributed by atoms with Crippen LogP contribution in [0.4, 0.5) is 0 Å². The van der Waals surface area contributed by atoms with E-state index in [1.165, 1.54) is 0 Å². The van der Waals surface area contributed by atoms with Gasteiger partial charge in [0.25, 0.3) is 0 Å². The van der Waals surface area contributed by atoms with Crippen LogP contribution in [0.5, 0.6) is 0 Å². The van der Waals surface area contributed by atoms with E-state index in [0.717, 1.165) is 6.42 Å². The van der Waals surface area contributed by atoms with Gasteiger partial charge in [-0.1, -0.05) is 0 Å². The van der Waals surface area contributed by atoms with E-state index in [1.807, 2.05) is 20.8 Å². The second-order valence-corrected chi connectivity index (χ2v) is 3.96. The lowest BCUT2D eigenvalue weighted by Crippen LogP contribution is -2.27. The van der Waals surface area contributed by atoms with E-state index in [-0.39, 0.29) is 18.2 Å². The van der Waals surface area contributed by atoms with E-state index in [0.29, 0.717) is 19.8 Å². The quantitative estimate of drug-likeness (QED) is 0.565. The number of hydrogen-bond donors (Lipinski definition) is 2. The SMILES string of the molecule is CC(N)CCOCC(C)OCC(C)N. The Bertz CT molecular complexity index is 129. The fraction of sp³-hybridized carbons (Fsp3) is 1.00. The highest BCUT2D eigenvalue weighted by Crippen LogP contribution is 1.95. The van der Waals surface area contributed by atoms with E-state index < -0.39 is 0 Å². The van der Waals surface area contributed by atoms with Crippen molar-refractivity contribution < 1.29 is 9.47 Å².